The Labute approximate surface area is 114 Å². The van der Waals surface area contributed by atoms with Crippen LogP contribution in [0.1, 0.15) is 43.2 Å². The van der Waals surface area contributed by atoms with Crippen LogP contribution in [0.4, 0.5) is 5.82 Å². The lowest BCUT2D eigenvalue weighted by Crippen LogP contribution is -2.55. The zero-order valence-corrected chi connectivity index (χ0v) is 11.6. The lowest BCUT2D eigenvalue weighted by Gasteiger charge is -2.37. The molecule has 0 spiro atoms. The zero-order chi connectivity index (χ0) is 13.0. The monoisotopic (exact) mass is 259 g/mol. The average Bonchev–Trinajstić information content (AvgIpc) is 2.96. The maximum Gasteiger partial charge on any atom is 0.132 e. The Bertz CT molecular complexity index is 516. The number of hydrogen-bond acceptors (Lipinski definition) is 4. The summed E-state index contributed by atoms with van der Waals surface area (Å²) in [6, 6.07) is 3.47. The van der Waals surface area contributed by atoms with Crippen LogP contribution in [0.25, 0.3) is 0 Å². The second kappa shape index (κ2) is 4.18. The highest BCUT2D eigenvalue weighted by Gasteiger charge is 2.38. The maximum atomic E-state index is 5.82. The van der Waals surface area contributed by atoms with Crippen LogP contribution in [0.15, 0.2) is 6.07 Å². The molecule has 0 bridgehead atoms. The van der Waals surface area contributed by atoms with E-state index >= 15 is 0 Å². The first-order valence-corrected chi connectivity index (χ1v) is 7.41. The van der Waals surface area contributed by atoms with E-state index in [-0.39, 0.29) is 6.10 Å². The number of pyridine rings is 1. The number of nitrogens with zero attached hydrogens (tertiary/aromatic N) is 2. The highest BCUT2D eigenvalue weighted by Crippen LogP contribution is 2.39. The minimum Gasteiger partial charge on any atom is -0.367 e. The first-order valence-electron chi connectivity index (χ1n) is 7.41. The van der Waals surface area contributed by atoms with Crippen LogP contribution in [0, 0.1) is 0 Å². The van der Waals surface area contributed by atoms with Gasteiger partial charge in [0.15, 0.2) is 0 Å². The van der Waals surface area contributed by atoms with Gasteiger partial charge in [0.05, 0.1) is 12.3 Å². The van der Waals surface area contributed by atoms with Gasteiger partial charge in [-0.1, -0.05) is 6.92 Å². The Morgan fingerprint density at radius 2 is 2.32 bits per heavy atom. The van der Waals surface area contributed by atoms with E-state index < -0.39 is 0 Å². The molecule has 1 fully saturated rings. The SMILES string of the molecule is CC[C@@H]1OCc2cc3c(nc21)N1[C@@H](CNC[C@@H]1C)C3. The summed E-state index contributed by atoms with van der Waals surface area (Å²) in [5.41, 5.74) is 3.92. The molecule has 1 saturated heterocycles. The standard InChI is InChI=1S/C15H21N3O/c1-3-13-14-11(8-19-13)4-10-5-12-7-16-6-9(2)18(12)15(10)17-14/h4,9,12-13,16H,3,5-8H2,1-2H3/t9-,12+,13-/m0/s1. The molecule has 19 heavy (non-hydrogen) atoms. The summed E-state index contributed by atoms with van der Waals surface area (Å²) in [6.07, 6.45) is 2.35. The fourth-order valence-electron chi connectivity index (χ4n) is 3.78. The molecule has 1 aromatic rings. The number of nitrogens with one attached hydrogen (secondary N) is 1. The fourth-order valence-corrected chi connectivity index (χ4v) is 3.78. The lowest BCUT2D eigenvalue weighted by atomic mass is 10.1. The number of rotatable bonds is 1. The van der Waals surface area contributed by atoms with E-state index in [1.165, 1.54) is 22.6 Å². The Morgan fingerprint density at radius 1 is 1.42 bits per heavy atom. The molecule has 0 saturated carbocycles. The normalized spacial score (nSPS) is 32.1. The van der Waals surface area contributed by atoms with Gasteiger partial charge in [0.2, 0.25) is 0 Å². The van der Waals surface area contributed by atoms with Gasteiger partial charge < -0.3 is 15.0 Å². The molecule has 0 amide bonds. The van der Waals surface area contributed by atoms with Crippen molar-refractivity contribution in [1.82, 2.24) is 10.3 Å². The van der Waals surface area contributed by atoms with Crippen LogP contribution in [0.5, 0.6) is 0 Å². The van der Waals surface area contributed by atoms with E-state index in [0.29, 0.717) is 12.1 Å². The smallest absolute Gasteiger partial charge is 0.132 e. The number of piperazine rings is 1. The van der Waals surface area contributed by atoms with E-state index in [2.05, 4.69) is 30.1 Å². The molecule has 4 heteroatoms. The maximum absolute atomic E-state index is 5.82. The van der Waals surface area contributed by atoms with Crippen molar-refractivity contribution < 1.29 is 4.74 Å². The number of anilines is 1. The second-order valence-electron chi connectivity index (χ2n) is 6.00. The van der Waals surface area contributed by atoms with Gasteiger partial charge in [0.25, 0.3) is 0 Å². The fraction of sp³-hybridized carbons (Fsp3) is 0.667. The summed E-state index contributed by atoms with van der Waals surface area (Å²) in [5.74, 6) is 1.22. The third kappa shape index (κ3) is 1.63. The molecule has 4 heterocycles. The molecular weight excluding hydrogens is 238 g/mol. The van der Waals surface area contributed by atoms with Crippen LogP contribution < -0.4 is 10.2 Å². The van der Waals surface area contributed by atoms with Gasteiger partial charge in [-0.3, -0.25) is 0 Å². The number of hydrogen-bond donors (Lipinski definition) is 1. The quantitative estimate of drug-likeness (QED) is 0.834. The number of fused-ring (bicyclic) bond motifs is 4. The molecule has 0 aromatic carbocycles. The van der Waals surface area contributed by atoms with Gasteiger partial charge >= 0.3 is 0 Å². The van der Waals surface area contributed by atoms with Crippen LogP contribution in [0.2, 0.25) is 0 Å². The van der Waals surface area contributed by atoms with E-state index in [1.54, 1.807) is 0 Å². The van der Waals surface area contributed by atoms with Crippen LogP contribution in [0.3, 0.4) is 0 Å². The van der Waals surface area contributed by atoms with Gasteiger partial charge in [0, 0.05) is 30.7 Å². The molecule has 0 radical (unpaired) electrons. The summed E-state index contributed by atoms with van der Waals surface area (Å²) in [6.45, 7) is 7.34. The van der Waals surface area contributed by atoms with Crippen molar-refractivity contribution in [2.24, 2.45) is 0 Å². The van der Waals surface area contributed by atoms with Crippen molar-refractivity contribution in [3.8, 4) is 0 Å². The largest absolute Gasteiger partial charge is 0.367 e. The van der Waals surface area contributed by atoms with E-state index in [4.69, 9.17) is 9.72 Å². The minimum absolute atomic E-state index is 0.206. The van der Waals surface area contributed by atoms with E-state index in [1.807, 2.05) is 0 Å². The van der Waals surface area contributed by atoms with Crippen LogP contribution in [-0.4, -0.2) is 30.2 Å². The second-order valence-corrected chi connectivity index (χ2v) is 6.00. The molecule has 3 aliphatic heterocycles. The van der Waals surface area contributed by atoms with Gasteiger partial charge in [-0.15, -0.1) is 0 Å². The molecule has 4 nitrogen and oxygen atoms in total. The molecule has 3 atom stereocenters. The lowest BCUT2D eigenvalue weighted by molar-refractivity contribution is 0.0618. The molecule has 1 N–H and O–H groups in total. The van der Waals surface area contributed by atoms with Crippen molar-refractivity contribution >= 4 is 5.82 Å². The van der Waals surface area contributed by atoms with Crippen molar-refractivity contribution in [3.63, 3.8) is 0 Å². The molecule has 1 aromatic heterocycles. The van der Waals surface area contributed by atoms with Gasteiger partial charge in [-0.2, -0.15) is 0 Å². The zero-order valence-electron chi connectivity index (χ0n) is 11.6. The summed E-state index contributed by atoms with van der Waals surface area (Å²) >= 11 is 0. The Morgan fingerprint density at radius 3 is 3.16 bits per heavy atom. The Kier molecular flexibility index (Phi) is 2.57. The first kappa shape index (κ1) is 11.7. The summed E-state index contributed by atoms with van der Waals surface area (Å²) < 4.78 is 5.82. The van der Waals surface area contributed by atoms with E-state index in [9.17, 15) is 0 Å². The van der Waals surface area contributed by atoms with E-state index in [0.717, 1.165) is 32.5 Å². The van der Waals surface area contributed by atoms with Crippen molar-refractivity contribution in [2.75, 3.05) is 18.0 Å². The molecule has 102 valence electrons. The van der Waals surface area contributed by atoms with Gasteiger partial charge in [0.1, 0.15) is 11.9 Å². The highest BCUT2D eigenvalue weighted by atomic mass is 16.5. The van der Waals surface area contributed by atoms with Crippen molar-refractivity contribution in [3.05, 3.63) is 22.9 Å². The summed E-state index contributed by atoms with van der Waals surface area (Å²) in [7, 11) is 0. The number of ether oxygens (including phenoxy) is 1. The topological polar surface area (TPSA) is 37.4 Å². The Balaban J connectivity index is 1.78. The van der Waals surface area contributed by atoms with Crippen LogP contribution >= 0.6 is 0 Å². The Hall–Kier alpha value is -1.13. The third-order valence-electron chi connectivity index (χ3n) is 4.69. The van der Waals surface area contributed by atoms with Crippen molar-refractivity contribution in [2.45, 2.75) is 51.5 Å². The predicted molar refractivity (Wildman–Crippen MR) is 74.4 cm³/mol. The number of aromatic nitrogens is 1. The van der Waals surface area contributed by atoms with Crippen LogP contribution in [-0.2, 0) is 17.8 Å². The predicted octanol–water partition coefficient (Wildman–Crippen LogP) is 1.79. The molecule has 4 rings (SSSR count). The average molecular weight is 259 g/mol. The molecular formula is C15H21N3O. The van der Waals surface area contributed by atoms with Gasteiger partial charge in [-0.25, -0.2) is 4.98 Å². The third-order valence-corrected chi connectivity index (χ3v) is 4.69. The van der Waals surface area contributed by atoms with Gasteiger partial charge in [-0.05, 0) is 31.4 Å². The molecule has 0 aliphatic carbocycles. The minimum atomic E-state index is 0.206. The molecule has 3 aliphatic rings. The summed E-state index contributed by atoms with van der Waals surface area (Å²) in [5, 5.41) is 3.52. The van der Waals surface area contributed by atoms with Crippen molar-refractivity contribution in [1.29, 1.82) is 0 Å². The summed E-state index contributed by atoms with van der Waals surface area (Å²) in [4.78, 5) is 7.52. The first-order chi connectivity index (χ1) is 9.28. The molecule has 0 unspecified atom stereocenters. The highest BCUT2D eigenvalue weighted by molar-refractivity contribution is 5.58.